The molecule has 1 fully saturated rings. The van der Waals surface area contributed by atoms with Gasteiger partial charge in [-0.25, -0.2) is 4.79 Å². The van der Waals surface area contributed by atoms with Gasteiger partial charge in [0, 0.05) is 18.2 Å². The highest BCUT2D eigenvalue weighted by molar-refractivity contribution is 7.54. The van der Waals surface area contributed by atoms with Crippen LogP contribution < -0.4 is 11.4 Å². The minimum Gasteiger partial charge on any atom is -0.412 e. The van der Waals surface area contributed by atoms with Gasteiger partial charge in [-0.1, -0.05) is 34.6 Å². The van der Waals surface area contributed by atoms with E-state index in [0.29, 0.717) is 5.56 Å². The van der Waals surface area contributed by atoms with Crippen LogP contribution in [-0.2, 0) is 24.9 Å². The molecule has 0 radical (unpaired) electrons. The number of hydrogen-bond donors (Lipinski definition) is 5. The molecule has 0 amide bonds. The third kappa shape index (κ3) is 7.08. The van der Waals surface area contributed by atoms with E-state index in [9.17, 15) is 29.6 Å². The highest BCUT2D eigenvalue weighted by Crippen LogP contribution is 2.57. The molecule has 2 heterocycles. The Morgan fingerprint density at radius 1 is 1.24 bits per heavy atom. The summed E-state index contributed by atoms with van der Waals surface area (Å²) < 4.78 is 31.1. The Bertz CT molecular complexity index is 1040. The van der Waals surface area contributed by atoms with Crippen LogP contribution in [0.25, 0.3) is 0 Å². The molecule has 1 aliphatic heterocycles. The summed E-state index contributed by atoms with van der Waals surface area (Å²) in [7, 11) is -6.55. The molecule has 0 aromatic carbocycles. The SMILES string of the molecule is CCC(C[C@H]1O[C@@H](n2cc(CO[Si](C)(C)C(C)(C)C)c(N)nc2=O)[C@H](O)[C@@H]1O)OP(=O)(O)C(C)(O)CC. The van der Waals surface area contributed by atoms with Gasteiger partial charge >= 0.3 is 13.3 Å². The fraction of sp³-hybridized carbons (Fsp3) is 0.826. The second kappa shape index (κ2) is 11.5. The van der Waals surface area contributed by atoms with E-state index in [0.717, 1.165) is 4.57 Å². The molecule has 14 heteroatoms. The third-order valence-corrected chi connectivity index (χ3v) is 14.2. The first-order valence-corrected chi connectivity index (χ1v) is 17.0. The molecule has 2 rings (SSSR count). The van der Waals surface area contributed by atoms with Gasteiger partial charge in [0.1, 0.15) is 18.0 Å². The largest absolute Gasteiger partial charge is 0.412 e. The average molecular weight is 566 g/mol. The molecule has 214 valence electrons. The maximum Gasteiger partial charge on any atom is 0.359 e. The van der Waals surface area contributed by atoms with Crippen LogP contribution >= 0.6 is 7.60 Å². The van der Waals surface area contributed by atoms with Gasteiger partial charge in [0.2, 0.25) is 0 Å². The zero-order valence-corrected chi connectivity index (χ0v) is 24.9. The molecular formula is C23H44N3O9PSi. The van der Waals surface area contributed by atoms with Crippen LogP contribution in [0.4, 0.5) is 5.82 Å². The lowest BCUT2D eigenvalue weighted by Gasteiger charge is -2.36. The number of aliphatic hydroxyl groups is 3. The number of aromatic nitrogens is 2. The first-order valence-electron chi connectivity index (χ1n) is 12.5. The molecule has 0 saturated carbocycles. The number of anilines is 1. The Balaban J connectivity index is 2.25. The normalized spacial score (nSPS) is 27.0. The van der Waals surface area contributed by atoms with Crippen molar-refractivity contribution in [2.45, 2.75) is 122 Å². The van der Waals surface area contributed by atoms with E-state index in [2.05, 4.69) is 38.8 Å². The molecule has 3 unspecified atom stereocenters. The van der Waals surface area contributed by atoms with Gasteiger partial charge < -0.3 is 39.6 Å². The summed E-state index contributed by atoms with van der Waals surface area (Å²) in [5, 5.41) is 29.6. The van der Waals surface area contributed by atoms with Crippen LogP contribution in [0.5, 0.6) is 0 Å². The van der Waals surface area contributed by atoms with E-state index in [1.807, 2.05) is 0 Å². The van der Waals surface area contributed by atoms with Crippen molar-refractivity contribution in [2.24, 2.45) is 0 Å². The van der Waals surface area contributed by atoms with Crippen LogP contribution in [0, 0.1) is 0 Å². The van der Waals surface area contributed by atoms with E-state index in [-0.39, 0.29) is 36.7 Å². The van der Waals surface area contributed by atoms with Gasteiger partial charge in [-0.3, -0.25) is 9.13 Å². The van der Waals surface area contributed by atoms with Crippen molar-refractivity contribution in [3.63, 3.8) is 0 Å². The molecule has 1 aromatic heterocycles. The van der Waals surface area contributed by atoms with Crippen molar-refractivity contribution in [1.82, 2.24) is 9.55 Å². The zero-order chi connectivity index (χ0) is 28.6. The smallest absolute Gasteiger partial charge is 0.359 e. The van der Waals surface area contributed by atoms with E-state index >= 15 is 0 Å². The second-order valence-electron chi connectivity index (χ2n) is 11.4. The molecule has 1 saturated heterocycles. The Labute approximate surface area is 219 Å². The van der Waals surface area contributed by atoms with Crippen LogP contribution in [0.3, 0.4) is 0 Å². The summed E-state index contributed by atoms with van der Waals surface area (Å²) in [5.41, 5.74) is 5.65. The number of aliphatic hydroxyl groups excluding tert-OH is 2. The predicted molar refractivity (Wildman–Crippen MR) is 141 cm³/mol. The molecule has 1 aromatic rings. The lowest BCUT2D eigenvalue weighted by Crippen LogP contribution is -2.41. The highest BCUT2D eigenvalue weighted by atomic mass is 31.2. The lowest BCUT2D eigenvalue weighted by molar-refractivity contribution is -0.0529. The summed E-state index contributed by atoms with van der Waals surface area (Å²) >= 11 is 0. The number of nitrogens with zero attached hydrogens (tertiary/aromatic N) is 2. The van der Waals surface area contributed by atoms with Crippen molar-refractivity contribution in [2.75, 3.05) is 5.73 Å². The molecule has 12 nitrogen and oxygen atoms in total. The lowest BCUT2D eigenvalue weighted by atomic mass is 10.0. The molecular weight excluding hydrogens is 521 g/mol. The predicted octanol–water partition coefficient (Wildman–Crippen LogP) is 2.46. The number of ether oxygens (including phenoxy) is 1. The minimum atomic E-state index is -4.42. The van der Waals surface area contributed by atoms with Crippen molar-refractivity contribution in [3.8, 4) is 0 Å². The van der Waals surface area contributed by atoms with Crippen LogP contribution in [0.1, 0.15) is 72.6 Å². The van der Waals surface area contributed by atoms with Gasteiger partial charge in [0.05, 0.1) is 18.8 Å². The maximum atomic E-state index is 12.7. The van der Waals surface area contributed by atoms with Gasteiger partial charge in [-0.2, -0.15) is 4.98 Å². The van der Waals surface area contributed by atoms with Crippen molar-refractivity contribution in [1.29, 1.82) is 0 Å². The maximum absolute atomic E-state index is 12.7. The Hall–Kier alpha value is -1.15. The monoisotopic (exact) mass is 565 g/mol. The summed E-state index contributed by atoms with van der Waals surface area (Å²) in [6, 6.07) is 0. The molecule has 7 atom stereocenters. The van der Waals surface area contributed by atoms with Crippen LogP contribution in [-0.4, -0.2) is 67.8 Å². The highest BCUT2D eigenvalue weighted by Gasteiger charge is 2.47. The Morgan fingerprint density at radius 2 is 1.84 bits per heavy atom. The van der Waals surface area contributed by atoms with Crippen molar-refractivity contribution in [3.05, 3.63) is 22.2 Å². The first-order chi connectivity index (χ1) is 16.8. The Kier molecular flexibility index (Phi) is 9.99. The number of nitrogens with two attached hydrogens (primary N) is 1. The van der Waals surface area contributed by atoms with Crippen molar-refractivity contribution < 1.29 is 38.5 Å². The number of rotatable bonds is 11. The first kappa shape index (κ1) is 32.1. The fourth-order valence-corrected chi connectivity index (χ4v) is 5.72. The van der Waals surface area contributed by atoms with Gasteiger partial charge in [0.25, 0.3) is 0 Å². The van der Waals surface area contributed by atoms with E-state index < -0.39 is 57.6 Å². The summed E-state index contributed by atoms with van der Waals surface area (Å²) in [5.74, 6) is 0.00525. The Morgan fingerprint density at radius 3 is 2.35 bits per heavy atom. The third-order valence-electron chi connectivity index (χ3n) is 7.59. The standard InChI is InChI=1S/C23H44N3O9PSi/c1-9-15(35-36(31,32)23(6,30)10-2)11-16-17(27)18(28)20(34-16)26-12-14(19(24)25-21(26)29)13-33-37(7,8)22(3,4)5/h12,15-18,20,27-28,30H,9-11,13H2,1-8H3,(H,31,32)(H2,24,25,29)/t15?,16-,17-,18-,20-,23?/m1/s1. The minimum absolute atomic E-state index is 0.00488. The molecule has 0 spiro atoms. The van der Waals surface area contributed by atoms with E-state index in [1.165, 1.54) is 13.1 Å². The van der Waals surface area contributed by atoms with E-state index in [1.54, 1.807) is 13.8 Å². The van der Waals surface area contributed by atoms with E-state index in [4.69, 9.17) is 19.4 Å². The van der Waals surface area contributed by atoms with Crippen LogP contribution in [0.2, 0.25) is 18.1 Å². The number of hydrogen-bond acceptors (Lipinski definition) is 10. The van der Waals surface area contributed by atoms with Crippen molar-refractivity contribution >= 4 is 21.7 Å². The topological polar surface area (TPSA) is 187 Å². The van der Waals surface area contributed by atoms with Gasteiger partial charge in [-0.15, -0.1) is 0 Å². The molecule has 37 heavy (non-hydrogen) atoms. The molecule has 0 aliphatic carbocycles. The van der Waals surface area contributed by atoms with Gasteiger partial charge in [0.15, 0.2) is 19.9 Å². The molecule has 6 N–H and O–H groups in total. The fourth-order valence-electron chi connectivity index (χ4n) is 3.50. The summed E-state index contributed by atoms with van der Waals surface area (Å²) in [6.45, 7) is 15.0. The second-order valence-corrected chi connectivity index (χ2v) is 18.4. The summed E-state index contributed by atoms with van der Waals surface area (Å²) in [4.78, 5) is 26.8. The average Bonchev–Trinajstić information content (AvgIpc) is 3.05. The quantitative estimate of drug-likeness (QED) is 0.196. The zero-order valence-electron chi connectivity index (χ0n) is 23.0. The van der Waals surface area contributed by atoms with Gasteiger partial charge in [-0.05, 0) is 37.9 Å². The molecule has 0 bridgehead atoms. The summed E-state index contributed by atoms with van der Waals surface area (Å²) in [6.07, 6.45) is -4.44. The molecule has 1 aliphatic rings. The number of nitrogen functional groups attached to an aromatic ring is 1. The van der Waals surface area contributed by atoms with Crippen LogP contribution in [0.15, 0.2) is 11.0 Å².